The molecule has 3 N–H and O–H groups in total. The fourth-order valence-electron chi connectivity index (χ4n) is 4.21. The second kappa shape index (κ2) is 9.07. The van der Waals surface area contributed by atoms with Gasteiger partial charge in [0, 0.05) is 25.4 Å². The van der Waals surface area contributed by atoms with Crippen LogP contribution in [-0.4, -0.2) is 37.2 Å². The number of nitrogens with zero attached hydrogens (tertiary/aromatic N) is 4. The Kier molecular flexibility index (Phi) is 6.07. The molecule has 1 aliphatic rings. The van der Waals surface area contributed by atoms with Crippen LogP contribution in [0.3, 0.4) is 0 Å². The van der Waals surface area contributed by atoms with Gasteiger partial charge in [-0.25, -0.2) is 9.97 Å². The number of anilines is 2. The molecule has 0 radical (unpaired) electrons. The number of aromatic nitrogens is 5. The first-order valence-corrected chi connectivity index (χ1v) is 10.6. The molecule has 0 aromatic carbocycles. The second-order valence-corrected chi connectivity index (χ2v) is 7.82. The molecule has 3 aromatic rings. The Morgan fingerprint density at radius 3 is 3.00 bits per heavy atom. The van der Waals surface area contributed by atoms with E-state index in [0.717, 1.165) is 48.3 Å². The lowest BCUT2D eigenvalue weighted by atomic mass is 9.82. The van der Waals surface area contributed by atoms with E-state index in [9.17, 15) is 4.79 Å². The van der Waals surface area contributed by atoms with Crippen LogP contribution in [0.5, 0.6) is 0 Å². The fourth-order valence-corrected chi connectivity index (χ4v) is 4.21. The Bertz CT molecular complexity index is 941. The minimum absolute atomic E-state index is 0.0837. The fraction of sp³-hybridized carbons (Fsp3) is 0.524. The average molecular weight is 396 g/mol. The first-order valence-electron chi connectivity index (χ1n) is 10.6. The van der Waals surface area contributed by atoms with Crippen molar-refractivity contribution in [2.75, 3.05) is 11.9 Å². The number of H-pyrrole nitrogens is 1. The summed E-state index contributed by atoms with van der Waals surface area (Å²) in [4.78, 5) is 24.1. The second-order valence-electron chi connectivity index (χ2n) is 7.82. The Morgan fingerprint density at radius 2 is 2.17 bits per heavy atom. The summed E-state index contributed by atoms with van der Waals surface area (Å²) in [6.45, 7) is 2.79. The van der Waals surface area contributed by atoms with Crippen molar-refractivity contribution in [1.82, 2.24) is 30.0 Å². The van der Waals surface area contributed by atoms with E-state index in [0.29, 0.717) is 12.3 Å². The lowest BCUT2D eigenvalue weighted by Gasteiger charge is -2.30. The van der Waals surface area contributed by atoms with E-state index < -0.39 is 0 Å². The van der Waals surface area contributed by atoms with Crippen LogP contribution in [0, 0.1) is 5.92 Å². The number of amides is 1. The molecule has 1 saturated carbocycles. The molecule has 1 unspecified atom stereocenters. The Balaban J connectivity index is 1.52. The molecular formula is C21H29N7O. The molecule has 8 heteroatoms. The topological polar surface area (TPSA) is 101 Å². The molecule has 0 saturated heterocycles. The van der Waals surface area contributed by atoms with Crippen LogP contribution >= 0.6 is 0 Å². The van der Waals surface area contributed by atoms with Crippen molar-refractivity contribution < 1.29 is 4.79 Å². The number of carbonyl (C=O) groups is 1. The molecular weight excluding hydrogens is 366 g/mol. The van der Waals surface area contributed by atoms with Crippen LogP contribution in [0.25, 0.3) is 11.0 Å². The lowest BCUT2D eigenvalue weighted by Crippen LogP contribution is -2.31. The highest BCUT2D eigenvalue weighted by Gasteiger charge is 2.28. The summed E-state index contributed by atoms with van der Waals surface area (Å²) in [5, 5.41) is 11.9. The molecule has 8 nitrogen and oxygen atoms in total. The molecule has 1 fully saturated rings. The normalized spacial score (nSPS) is 16.0. The number of rotatable bonds is 8. The van der Waals surface area contributed by atoms with Crippen molar-refractivity contribution in [1.29, 1.82) is 0 Å². The van der Waals surface area contributed by atoms with Gasteiger partial charge in [0.05, 0.1) is 23.3 Å². The van der Waals surface area contributed by atoms with E-state index in [-0.39, 0.29) is 11.9 Å². The Hall–Kier alpha value is -2.90. The summed E-state index contributed by atoms with van der Waals surface area (Å²) >= 11 is 0. The Labute approximate surface area is 170 Å². The molecule has 4 rings (SSSR count). The summed E-state index contributed by atoms with van der Waals surface area (Å²) in [6.07, 6.45) is 14.7. The zero-order valence-corrected chi connectivity index (χ0v) is 16.9. The van der Waals surface area contributed by atoms with Gasteiger partial charge in [0.25, 0.3) is 0 Å². The van der Waals surface area contributed by atoms with Crippen LogP contribution in [0.15, 0.2) is 31.0 Å². The van der Waals surface area contributed by atoms with E-state index >= 15 is 0 Å². The number of aromatic amines is 1. The van der Waals surface area contributed by atoms with E-state index in [1.807, 2.05) is 23.1 Å². The highest BCUT2D eigenvalue weighted by Crippen LogP contribution is 2.35. The van der Waals surface area contributed by atoms with Gasteiger partial charge in [-0.2, -0.15) is 5.10 Å². The van der Waals surface area contributed by atoms with Crippen molar-refractivity contribution in [3.05, 3.63) is 31.0 Å². The number of carbonyl (C=O) groups excluding carboxylic acids is 1. The number of fused-ring (bicyclic) bond motifs is 1. The summed E-state index contributed by atoms with van der Waals surface area (Å²) in [7, 11) is 0. The zero-order valence-electron chi connectivity index (χ0n) is 16.9. The van der Waals surface area contributed by atoms with Gasteiger partial charge >= 0.3 is 0 Å². The van der Waals surface area contributed by atoms with E-state index in [4.69, 9.17) is 0 Å². The maximum atomic E-state index is 12.5. The van der Waals surface area contributed by atoms with Crippen LogP contribution < -0.4 is 10.6 Å². The summed E-state index contributed by atoms with van der Waals surface area (Å²) in [5.41, 5.74) is 1.66. The van der Waals surface area contributed by atoms with Gasteiger partial charge in [-0.3, -0.25) is 9.48 Å². The number of hydrogen-bond acceptors (Lipinski definition) is 5. The molecule has 1 atom stereocenters. The van der Waals surface area contributed by atoms with E-state index in [1.165, 1.54) is 25.6 Å². The maximum absolute atomic E-state index is 12.5. The Morgan fingerprint density at radius 1 is 1.31 bits per heavy atom. The van der Waals surface area contributed by atoms with Gasteiger partial charge in [-0.15, -0.1) is 0 Å². The summed E-state index contributed by atoms with van der Waals surface area (Å²) in [5.74, 6) is 1.34. The highest BCUT2D eigenvalue weighted by molar-refractivity contribution is 5.88. The van der Waals surface area contributed by atoms with Gasteiger partial charge in [0.1, 0.15) is 17.8 Å². The third-order valence-corrected chi connectivity index (χ3v) is 5.72. The highest BCUT2D eigenvalue weighted by atomic mass is 16.1. The standard InChI is InChI=1S/C21H29N7O/c1-2-9-22-19(29)11-18(15-6-4-3-5-7-15)28-13-16(12-26-28)27-21-17-8-10-23-20(17)24-14-25-21/h8,10,12-15,18H,2-7,9,11H2,1H3,(H,22,29)(H2,23,24,25,27). The van der Waals surface area contributed by atoms with Crippen molar-refractivity contribution in [3.63, 3.8) is 0 Å². The van der Waals surface area contributed by atoms with Crippen LogP contribution in [-0.2, 0) is 4.79 Å². The van der Waals surface area contributed by atoms with Crippen molar-refractivity contribution in [3.8, 4) is 0 Å². The van der Waals surface area contributed by atoms with E-state index in [2.05, 4.69) is 37.6 Å². The molecule has 1 amide bonds. The minimum atomic E-state index is 0.0837. The monoisotopic (exact) mass is 395 g/mol. The van der Waals surface area contributed by atoms with Gasteiger partial charge in [0.15, 0.2) is 0 Å². The molecule has 0 spiro atoms. The third-order valence-electron chi connectivity index (χ3n) is 5.72. The zero-order chi connectivity index (χ0) is 20.1. The van der Waals surface area contributed by atoms with Crippen LogP contribution in [0.4, 0.5) is 11.5 Å². The van der Waals surface area contributed by atoms with Gasteiger partial charge in [-0.05, 0) is 31.2 Å². The third kappa shape index (κ3) is 4.58. The summed E-state index contributed by atoms with van der Waals surface area (Å²) < 4.78 is 1.97. The van der Waals surface area contributed by atoms with Gasteiger partial charge in [0.2, 0.25) is 5.91 Å². The van der Waals surface area contributed by atoms with Crippen molar-refractivity contribution in [2.24, 2.45) is 5.92 Å². The summed E-state index contributed by atoms with van der Waals surface area (Å²) in [6, 6.07) is 2.03. The molecule has 0 aliphatic heterocycles. The first kappa shape index (κ1) is 19.4. The van der Waals surface area contributed by atoms with Crippen LogP contribution in [0.1, 0.15) is 57.9 Å². The minimum Gasteiger partial charge on any atom is -0.356 e. The maximum Gasteiger partial charge on any atom is 0.222 e. The molecule has 154 valence electrons. The first-order chi connectivity index (χ1) is 14.2. The van der Waals surface area contributed by atoms with Gasteiger partial charge in [-0.1, -0.05) is 26.2 Å². The molecule has 29 heavy (non-hydrogen) atoms. The predicted molar refractivity (Wildman–Crippen MR) is 113 cm³/mol. The van der Waals surface area contributed by atoms with Crippen LogP contribution in [0.2, 0.25) is 0 Å². The van der Waals surface area contributed by atoms with Crippen molar-refractivity contribution >= 4 is 28.4 Å². The SMILES string of the molecule is CCCNC(=O)CC(C1CCCCC1)n1cc(Nc2ncnc3[nH]ccc23)cn1. The van der Waals surface area contributed by atoms with E-state index in [1.54, 1.807) is 6.20 Å². The molecule has 1 aliphatic carbocycles. The number of hydrogen-bond donors (Lipinski definition) is 3. The quantitative estimate of drug-likeness (QED) is 0.536. The number of nitrogens with one attached hydrogen (secondary N) is 3. The predicted octanol–water partition coefficient (Wildman–Crippen LogP) is 3.94. The molecule has 3 aromatic heterocycles. The largest absolute Gasteiger partial charge is 0.356 e. The smallest absolute Gasteiger partial charge is 0.222 e. The van der Waals surface area contributed by atoms with Crippen molar-refractivity contribution in [2.45, 2.75) is 57.9 Å². The van der Waals surface area contributed by atoms with Gasteiger partial charge < -0.3 is 15.6 Å². The lowest BCUT2D eigenvalue weighted by molar-refractivity contribution is -0.122. The molecule has 0 bridgehead atoms. The molecule has 3 heterocycles. The average Bonchev–Trinajstić information content (AvgIpc) is 3.41.